The zero-order valence-electron chi connectivity index (χ0n) is 19.5. The molecule has 0 atom stereocenters. The first-order valence-electron chi connectivity index (χ1n) is 10.7. The third-order valence-corrected chi connectivity index (χ3v) is 7.10. The van der Waals surface area contributed by atoms with Crippen LogP contribution >= 0.6 is 0 Å². The van der Waals surface area contributed by atoms with Crippen LogP contribution in [0.25, 0.3) is 33.6 Å². The van der Waals surface area contributed by atoms with Gasteiger partial charge in [0.1, 0.15) is 11.5 Å². The highest BCUT2D eigenvalue weighted by Crippen LogP contribution is 2.36. The SMILES string of the molecule is O=S(=O)(Oc1ccc(-c2ccc(-c3ccncc3)nc2-c2ccc(OS(=O)(=O)C(F)(F)F)cc2)cc1)C(F)(F)F. The molecule has 0 bridgehead atoms. The molecule has 4 aromatic rings. The average Bonchev–Trinajstić information content (AvgIpc) is 2.88. The summed E-state index contributed by atoms with van der Waals surface area (Å²) in [7, 11) is -11.8. The molecule has 2 aromatic heterocycles. The van der Waals surface area contributed by atoms with Crippen LogP contribution in [0, 0.1) is 0 Å². The van der Waals surface area contributed by atoms with Crippen molar-refractivity contribution in [2.45, 2.75) is 11.0 Å². The number of benzene rings is 2. The summed E-state index contributed by atoms with van der Waals surface area (Å²) >= 11 is 0. The lowest BCUT2D eigenvalue weighted by molar-refractivity contribution is -0.0504. The van der Waals surface area contributed by atoms with Crippen LogP contribution in [0.2, 0.25) is 0 Å². The van der Waals surface area contributed by atoms with Crippen LogP contribution in [0.3, 0.4) is 0 Å². The van der Waals surface area contributed by atoms with E-state index in [1.807, 2.05) is 0 Å². The minimum atomic E-state index is -5.90. The number of hydrogen-bond acceptors (Lipinski definition) is 8. The van der Waals surface area contributed by atoms with E-state index in [1.165, 1.54) is 36.7 Å². The third-order valence-electron chi connectivity index (χ3n) is 5.14. The summed E-state index contributed by atoms with van der Waals surface area (Å²) in [5.74, 6) is -1.21. The van der Waals surface area contributed by atoms with Gasteiger partial charge < -0.3 is 8.37 Å². The van der Waals surface area contributed by atoms with Gasteiger partial charge in [-0.2, -0.15) is 43.2 Å². The molecule has 0 aliphatic heterocycles. The van der Waals surface area contributed by atoms with Crippen molar-refractivity contribution in [1.29, 1.82) is 0 Å². The van der Waals surface area contributed by atoms with Crippen molar-refractivity contribution >= 4 is 20.2 Å². The second-order valence-corrected chi connectivity index (χ2v) is 10.9. The van der Waals surface area contributed by atoms with Crippen molar-refractivity contribution in [2.75, 3.05) is 0 Å². The molecule has 16 heteroatoms. The highest BCUT2D eigenvalue weighted by Gasteiger charge is 2.49. The Kier molecular flexibility index (Phi) is 7.51. The molecule has 0 aliphatic carbocycles. The van der Waals surface area contributed by atoms with Gasteiger partial charge in [-0.05, 0) is 60.2 Å². The van der Waals surface area contributed by atoms with Crippen LogP contribution < -0.4 is 8.37 Å². The van der Waals surface area contributed by atoms with Crippen molar-refractivity contribution in [2.24, 2.45) is 0 Å². The number of nitrogens with zero attached hydrogens (tertiary/aromatic N) is 2. The van der Waals surface area contributed by atoms with E-state index < -0.39 is 42.8 Å². The molecule has 0 radical (unpaired) electrons. The van der Waals surface area contributed by atoms with E-state index in [0.717, 1.165) is 24.3 Å². The molecule has 40 heavy (non-hydrogen) atoms. The molecule has 4 rings (SSSR count). The molecule has 0 unspecified atom stereocenters. The highest BCUT2D eigenvalue weighted by molar-refractivity contribution is 7.88. The Bertz CT molecular complexity index is 1730. The fourth-order valence-corrected chi connectivity index (χ4v) is 4.22. The summed E-state index contributed by atoms with van der Waals surface area (Å²) in [5, 5.41) is 0. The van der Waals surface area contributed by atoms with Crippen LogP contribution in [0.5, 0.6) is 11.5 Å². The summed E-state index contributed by atoms with van der Waals surface area (Å²) in [6, 6.07) is 15.6. The van der Waals surface area contributed by atoms with Gasteiger partial charge in [0.15, 0.2) is 0 Å². The third kappa shape index (κ3) is 6.17. The number of halogens is 6. The quantitative estimate of drug-likeness (QED) is 0.145. The predicted molar refractivity (Wildman–Crippen MR) is 130 cm³/mol. The molecule has 0 saturated heterocycles. The molecule has 2 heterocycles. The topological polar surface area (TPSA) is 113 Å². The van der Waals surface area contributed by atoms with Gasteiger partial charge in [0, 0.05) is 29.1 Å². The average molecular weight is 605 g/mol. The molecule has 210 valence electrons. The summed E-state index contributed by atoms with van der Waals surface area (Å²) in [5.41, 5.74) is -8.84. The van der Waals surface area contributed by atoms with Crippen LogP contribution in [-0.2, 0) is 20.2 Å². The lowest BCUT2D eigenvalue weighted by atomic mass is 9.98. The number of pyridine rings is 2. The van der Waals surface area contributed by atoms with Crippen LogP contribution in [-0.4, -0.2) is 37.8 Å². The number of aromatic nitrogens is 2. The van der Waals surface area contributed by atoms with E-state index in [4.69, 9.17) is 0 Å². The summed E-state index contributed by atoms with van der Waals surface area (Å²) in [6.45, 7) is 0. The molecule has 0 saturated carbocycles. The summed E-state index contributed by atoms with van der Waals surface area (Å²) < 4.78 is 129. The van der Waals surface area contributed by atoms with Crippen molar-refractivity contribution in [3.63, 3.8) is 0 Å². The smallest absolute Gasteiger partial charge is 0.376 e. The first kappa shape index (κ1) is 28.8. The maximum Gasteiger partial charge on any atom is 0.534 e. The van der Waals surface area contributed by atoms with E-state index in [9.17, 15) is 43.2 Å². The Morgan fingerprint density at radius 2 is 1.00 bits per heavy atom. The maximum absolute atomic E-state index is 12.7. The predicted octanol–water partition coefficient (Wildman–Crippen LogP) is 5.93. The molecular weight excluding hydrogens is 590 g/mol. The van der Waals surface area contributed by atoms with E-state index in [1.54, 1.807) is 24.3 Å². The number of rotatable bonds is 7. The largest absolute Gasteiger partial charge is 0.534 e. The van der Waals surface area contributed by atoms with Crippen molar-refractivity contribution in [3.8, 4) is 45.1 Å². The van der Waals surface area contributed by atoms with E-state index >= 15 is 0 Å². The molecule has 0 spiro atoms. The fourth-order valence-electron chi connectivity index (χ4n) is 3.30. The Morgan fingerprint density at radius 1 is 0.550 bits per heavy atom. The van der Waals surface area contributed by atoms with Gasteiger partial charge in [0.05, 0.1) is 11.4 Å². The monoisotopic (exact) mass is 604 g/mol. The highest BCUT2D eigenvalue weighted by atomic mass is 32.2. The van der Waals surface area contributed by atoms with Crippen LogP contribution in [0.4, 0.5) is 26.3 Å². The zero-order chi connectivity index (χ0) is 29.3. The van der Waals surface area contributed by atoms with E-state index in [0.29, 0.717) is 27.9 Å². The van der Waals surface area contributed by atoms with Crippen molar-refractivity contribution in [1.82, 2.24) is 9.97 Å². The second kappa shape index (κ2) is 10.4. The second-order valence-electron chi connectivity index (χ2n) is 7.84. The Hall–Kier alpha value is -4.18. The lowest BCUT2D eigenvalue weighted by Gasteiger charge is -2.14. The maximum atomic E-state index is 12.7. The van der Waals surface area contributed by atoms with Crippen LogP contribution in [0.15, 0.2) is 85.2 Å². The van der Waals surface area contributed by atoms with Gasteiger partial charge in [-0.15, -0.1) is 0 Å². The summed E-state index contributed by atoms with van der Waals surface area (Å²) in [6.07, 6.45) is 3.04. The lowest BCUT2D eigenvalue weighted by Crippen LogP contribution is -2.28. The van der Waals surface area contributed by atoms with Crippen LogP contribution in [0.1, 0.15) is 0 Å². The fraction of sp³-hybridized carbons (Fsp3) is 0.0833. The Labute approximate surface area is 223 Å². The van der Waals surface area contributed by atoms with Gasteiger partial charge in [-0.3, -0.25) is 4.98 Å². The number of alkyl halides is 6. The van der Waals surface area contributed by atoms with Gasteiger partial charge >= 0.3 is 31.3 Å². The van der Waals surface area contributed by atoms with Gasteiger partial charge in [0.25, 0.3) is 0 Å². The summed E-state index contributed by atoms with van der Waals surface area (Å²) in [4.78, 5) is 8.53. The molecule has 0 aliphatic rings. The zero-order valence-corrected chi connectivity index (χ0v) is 21.1. The minimum absolute atomic E-state index is 0.246. The standard InChI is InChI=1S/C24H14F6N2O6S2/c25-23(26,27)39(33,34)37-18-5-1-15(2-6-18)20-9-10-21(16-11-13-31-14-12-16)32-22(20)17-3-7-19(8-4-17)38-40(35,36)24(28,29)30/h1-14H. The Balaban J connectivity index is 1.74. The van der Waals surface area contributed by atoms with E-state index in [-0.39, 0.29) is 5.69 Å². The molecule has 0 N–H and O–H groups in total. The number of hydrogen-bond donors (Lipinski definition) is 0. The molecular formula is C24H14F6N2O6S2. The molecule has 0 fully saturated rings. The first-order chi connectivity index (χ1) is 18.6. The Morgan fingerprint density at radius 3 is 1.45 bits per heavy atom. The van der Waals surface area contributed by atoms with E-state index in [2.05, 4.69) is 18.3 Å². The van der Waals surface area contributed by atoms with Crippen molar-refractivity contribution in [3.05, 3.63) is 85.2 Å². The molecule has 0 amide bonds. The van der Waals surface area contributed by atoms with Gasteiger partial charge in [-0.25, -0.2) is 4.98 Å². The molecule has 2 aromatic carbocycles. The molecule has 8 nitrogen and oxygen atoms in total. The first-order valence-corrected chi connectivity index (χ1v) is 13.5. The minimum Gasteiger partial charge on any atom is -0.376 e. The van der Waals surface area contributed by atoms with Crippen molar-refractivity contribution < 1.29 is 51.5 Å². The van der Waals surface area contributed by atoms with Gasteiger partial charge in [-0.1, -0.05) is 18.2 Å². The van der Waals surface area contributed by atoms with Gasteiger partial charge in [0.2, 0.25) is 0 Å². The normalized spacial score (nSPS) is 12.7.